The number of nitrogens with zero attached hydrogens (tertiary/aromatic N) is 6. The number of rotatable bonds is 5. The maximum absolute atomic E-state index is 4.45. The van der Waals surface area contributed by atoms with E-state index in [1.54, 1.807) is 0 Å². The zero-order chi connectivity index (χ0) is 18.8. The van der Waals surface area contributed by atoms with E-state index in [0.29, 0.717) is 0 Å². The summed E-state index contributed by atoms with van der Waals surface area (Å²) < 4.78 is 1.98. The lowest BCUT2D eigenvalue weighted by Gasteiger charge is -2.41. The second kappa shape index (κ2) is 8.07. The Bertz CT molecular complexity index is 723. The summed E-state index contributed by atoms with van der Waals surface area (Å²) in [6.45, 7) is 10.9. The van der Waals surface area contributed by atoms with Crippen LogP contribution in [0.2, 0.25) is 0 Å². The molecule has 0 N–H and O–H groups in total. The first-order chi connectivity index (χ1) is 13.1. The molecule has 1 saturated heterocycles. The number of hydrogen-bond donors (Lipinski definition) is 0. The van der Waals surface area contributed by atoms with Gasteiger partial charge < -0.3 is 0 Å². The molecule has 4 rings (SSSR count). The van der Waals surface area contributed by atoms with Gasteiger partial charge in [-0.05, 0) is 49.6 Å². The summed E-state index contributed by atoms with van der Waals surface area (Å²) in [6.07, 6.45) is 5.57. The molecule has 1 saturated carbocycles. The van der Waals surface area contributed by atoms with Gasteiger partial charge in [-0.15, -0.1) is 5.10 Å². The lowest BCUT2D eigenvalue weighted by molar-refractivity contribution is 0.0767. The third kappa shape index (κ3) is 3.92. The van der Waals surface area contributed by atoms with Crippen LogP contribution >= 0.6 is 0 Å². The molecule has 0 radical (unpaired) electrons. The topological polar surface area (TPSA) is 50.1 Å². The number of benzene rings is 1. The SMILES string of the molecule is Cc1ccc(C(c2nnnn2C(C)C)N2CCN(C3CCCC3)CC2)cc1. The van der Waals surface area contributed by atoms with Crippen molar-refractivity contribution >= 4 is 0 Å². The van der Waals surface area contributed by atoms with E-state index >= 15 is 0 Å². The molecule has 0 amide bonds. The molecule has 1 aromatic heterocycles. The van der Waals surface area contributed by atoms with E-state index in [9.17, 15) is 0 Å². The average Bonchev–Trinajstić information content (AvgIpc) is 3.36. The molecule has 2 heterocycles. The number of piperazine rings is 1. The van der Waals surface area contributed by atoms with Crippen LogP contribution in [0.4, 0.5) is 0 Å². The maximum atomic E-state index is 4.45. The van der Waals surface area contributed by atoms with E-state index in [1.165, 1.54) is 36.8 Å². The fraction of sp³-hybridized carbons (Fsp3) is 0.667. The number of aromatic nitrogens is 4. The average molecular weight is 369 g/mol. The molecule has 2 fully saturated rings. The van der Waals surface area contributed by atoms with Gasteiger partial charge in [-0.25, -0.2) is 4.68 Å². The first-order valence-corrected chi connectivity index (χ1v) is 10.5. The van der Waals surface area contributed by atoms with Gasteiger partial charge in [0.05, 0.1) is 12.1 Å². The lowest BCUT2D eigenvalue weighted by Crippen LogP contribution is -2.51. The van der Waals surface area contributed by atoms with Crippen LogP contribution in [-0.4, -0.2) is 62.2 Å². The molecule has 0 spiro atoms. The van der Waals surface area contributed by atoms with Gasteiger partial charge in [0.2, 0.25) is 0 Å². The predicted molar refractivity (Wildman–Crippen MR) is 107 cm³/mol. The Kier molecular flexibility index (Phi) is 5.55. The predicted octanol–water partition coefficient (Wildman–Crippen LogP) is 3.21. The minimum absolute atomic E-state index is 0.119. The third-order valence-corrected chi connectivity index (χ3v) is 6.20. The van der Waals surface area contributed by atoms with Gasteiger partial charge in [0.15, 0.2) is 5.82 Å². The van der Waals surface area contributed by atoms with Crippen molar-refractivity contribution in [1.29, 1.82) is 0 Å². The second-order valence-corrected chi connectivity index (χ2v) is 8.40. The molecule has 2 aliphatic rings. The van der Waals surface area contributed by atoms with Crippen LogP contribution in [0.5, 0.6) is 0 Å². The smallest absolute Gasteiger partial charge is 0.173 e. The first kappa shape index (κ1) is 18.6. The quantitative estimate of drug-likeness (QED) is 0.811. The van der Waals surface area contributed by atoms with Crippen molar-refractivity contribution < 1.29 is 0 Å². The fourth-order valence-electron chi connectivity index (χ4n) is 4.65. The molecule has 1 atom stereocenters. The van der Waals surface area contributed by atoms with Crippen molar-refractivity contribution in [3.05, 3.63) is 41.2 Å². The van der Waals surface area contributed by atoms with Crippen molar-refractivity contribution in [1.82, 2.24) is 30.0 Å². The Morgan fingerprint density at radius 2 is 1.63 bits per heavy atom. The molecule has 1 unspecified atom stereocenters. The molecule has 6 nitrogen and oxygen atoms in total. The van der Waals surface area contributed by atoms with E-state index in [2.05, 4.69) is 70.4 Å². The zero-order valence-corrected chi connectivity index (χ0v) is 16.9. The van der Waals surface area contributed by atoms with E-state index in [1.807, 2.05) is 4.68 Å². The summed E-state index contributed by atoms with van der Waals surface area (Å²) in [5.74, 6) is 0.961. The Hall–Kier alpha value is -1.79. The molecule has 1 aromatic carbocycles. The van der Waals surface area contributed by atoms with Crippen molar-refractivity contribution in [2.24, 2.45) is 0 Å². The Morgan fingerprint density at radius 3 is 2.26 bits per heavy atom. The summed E-state index contributed by atoms with van der Waals surface area (Å²) in [4.78, 5) is 5.28. The van der Waals surface area contributed by atoms with E-state index in [-0.39, 0.29) is 12.1 Å². The van der Waals surface area contributed by atoms with Gasteiger partial charge in [0.25, 0.3) is 0 Å². The molecule has 146 valence electrons. The number of hydrogen-bond acceptors (Lipinski definition) is 5. The van der Waals surface area contributed by atoms with Gasteiger partial charge in [-0.2, -0.15) is 0 Å². The highest BCUT2D eigenvalue weighted by atomic mass is 15.6. The maximum Gasteiger partial charge on any atom is 0.173 e. The molecule has 1 aliphatic carbocycles. The van der Waals surface area contributed by atoms with Gasteiger partial charge in [-0.1, -0.05) is 42.7 Å². The van der Waals surface area contributed by atoms with Crippen LogP contribution < -0.4 is 0 Å². The van der Waals surface area contributed by atoms with Crippen LogP contribution in [0.15, 0.2) is 24.3 Å². The normalized spacial score (nSPS) is 21.2. The van der Waals surface area contributed by atoms with Crippen LogP contribution in [0, 0.1) is 6.92 Å². The monoisotopic (exact) mass is 368 g/mol. The minimum atomic E-state index is 0.119. The molecule has 1 aliphatic heterocycles. The molecule has 0 bridgehead atoms. The minimum Gasteiger partial charge on any atom is -0.298 e. The van der Waals surface area contributed by atoms with Crippen LogP contribution in [0.25, 0.3) is 0 Å². The number of aryl methyl sites for hydroxylation is 1. The second-order valence-electron chi connectivity index (χ2n) is 8.40. The summed E-state index contributed by atoms with van der Waals surface area (Å²) >= 11 is 0. The fourth-order valence-corrected chi connectivity index (χ4v) is 4.65. The van der Waals surface area contributed by atoms with Gasteiger partial charge in [0, 0.05) is 32.2 Å². The molecule has 2 aromatic rings. The molecular formula is C21H32N6. The molecule has 6 heteroatoms. The van der Waals surface area contributed by atoms with E-state index in [0.717, 1.165) is 38.0 Å². The summed E-state index contributed by atoms with van der Waals surface area (Å²) in [7, 11) is 0. The standard InChI is InChI=1S/C21H32N6/c1-16(2)27-21(22-23-24-27)20(18-10-8-17(3)9-11-18)26-14-12-25(13-15-26)19-6-4-5-7-19/h8-11,16,19-20H,4-7,12-15H2,1-3H3. The van der Waals surface area contributed by atoms with Gasteiger partial charge >= 0.3 is 0 Å². The largest absolute Gasteiger partial charge is 0.298 e. The summed E-state index contributed by atoms with van der Waals surface area (Å²) in [5.41, 5.74) is 2.57. The third-order valence-electron chi connectivity index (χ3n) is 6.20. The summed E-state index contributed by atoms with van der Waals surface area (Å²) in [5, 5.41) is 12.7. The zero-order valence-electron chi connectivity index (χ0n) is 16.9. The lowest BCUT2D eigenvalue weighted by atomic mass is 10.0. The molecule has 27 heavy (non-hydrogen) atoms. The van der Waals surface area contributed by atoms with Crippen molar-refractivity contribution in [2.75, 3.05) is 26.2 Å². The highest BCUT2D eigenvalue weighted by Gasteiger charge is 2.33. The highest BCUT2D eigenvalue weighted by Crippen LogP contribution is 2.31. The number of tetrazole rings is 1. The van der Waals surface area contributed by atoms with Crippen LogP contribution in [-0.2, 0) is 0 Å². The Balaban J connectivity index is 1.58. The Morgan fingerprint density at radius 1 is 0.963 bits per heavy atom. The van der Waals surface area contributed by atoms with E-state index < -0.39 is 0 Å². The van der Waals surface area contributed by atoms with Crippen LogP contribution in [0.1, 0.15) is 68.6 Å². The first-order valence-electron chi connectivity index (χ1n) is 10.5. The van der Waals surface area contributed by atoms with Gasteiger partial charge in [-0.3, -0.25) is 9.80 Å². The van der Waals surface area contributed by atoms with Crippen molar-refractivity contribution in [2.45, 2.75) is 64.6 Å². The summed E-state index contributed by atoms with van der Waals surface area (Å²) in [6, 6.07) is 10.1. The highest BCUT2D eigenvalue weighted by molar-refractivity contribution is 5.28. The van der Waals surface area contributed by atoms with Crippen molar-refractivity contribution in [3.8, 4) is 0 Å². The van der Waals surface area contributed by atoms with Crippen LogP contribution in [0.3, 0.4) is 0 Å². The van der Waals surface area contributed by atoms with E-state index in [4.69, 9.17) is 0 Å². The van der Waals surface area contributed by atoms with Gasteiger partial charge in [0.1, 0.15) is 0 Å². The van der Waals surface area contributed by atoms with Crippen molar-refractivity contribution in [3.63, 3.8) is 0 Å². The Labute approximate surface area is 162 Å². The molecular weight excluding hydrogens is 336 g/mol.